The number of nitrogens with one attached hydrogen (secondary N) is 1. The van der Waals surface area contributed by atoms with E-state index in [2.05, 4.69) is 17.4 Å². The predicted molar refractivity (Wildman–Crippen MR) is 92.1 cm³/mol. The van der Waals surface area contributed by atoms with Crippen molar-refractivity contribution in [2.75, 3.05) is 14.2 Å². The van der Waals surface area contributed by atoms with Gasteiger partial charge in [0, 0.05) is 6.42 Å². The average molecular weight is 321 g/mol. The lowest BCUT2D eigenvalue weighted by Crippen LogP contribution is -2.32. The summed E-state index contributed by atoms with van der Waals surface area (Å²) in [7, 11) is 3.27. The quantitative estimate of drug-likeness (QED) is 0.941. The van der Waals surface area contributed by atoms with Crippen LogP contribution in [0.3, 0.4) is 0 Å². The van der Waals surface area contributed by atoms with Crippen molar-refractivity contribution < 1.29 is 14.3 Å². The van der Waals surface area contributed by atoms with E-state index in [1.165, 1.54) is 16.7 Å². The van der Waals surface area contributed by atoms with Crippen LogP contribution >= 0.6 is 0 Å². The number of piperidine rings is 1. The van der Waals surface area contributed by atoms with Crippen LogP contribution in [0.15, 0.2) is 48.0 Å². The van der Waals surface area contributed by atoms with Crippen molar-refractivity contribution >= 4 is 11.5 Å². The van der Waals surface area contributed by atoms with Crippen molar-refractivity contribution in [3.63, 3.8) is 0 Å². The van der Waals surface area contributed by atoms with Crippen LogP contribution in [0, 0.1) is 0 Å². The van der Waals surface area contributed by atoms with Gasteiger partial charge in [-0.1, -0.05) is 30.3 Å². The van der Waals surface area contributed by atoms with Crippen molar-refractivity contribution in [3.05, 3.63) is 64.7 Å². The van der Waals surface area contributed by atoms with Crippen LogP contribution in [0.2, 0.25) is 0 Å². The van der Waals surface area contributed by atoms with Crippen molar-refractivity contribution in [1.82, 2.24) is 5.32 Å². The summed E-state index contributed by atoms with van der Waals surface area (Å²) < 4.78 is 10.9. The Morgan fingerprint density at radius 2 is 1.71 bits per heavy atom. The highest BCUT2D eigenvalue weighted by Gasteiger charge is 2.36. The molecule has 1 heterocycles. The molecule has 0 saturated carbocycles. The fourth-order valence-corrected chi connectivity index (χ4v) is 3.72. The molecule has 1 atom stereocenters. The fraction of sp³-hybridized carbons (Fsp3) is 0.250. The molecule has 0 aromatic heterocycles. The molecule has 0 spiro atoms. The average Bonchev–Trinajstić information content (AvgIpc) is 2.93. The number of carbonyl (C=O) groups is 1. The number of fused-ring (bicyclic) bond motifs is 3. The third-order valence-electron chi connectivity index (χ3n) is 4.79. The van der Waals surface area contributed by atoms with Crippen LogP contribution in [0.1, 0.15) is 35.6 Å². The Kier molecular flexibility index (Phi) is 3.53. The first kappa shape index (κ1) is 14.8. The van der Waals surface area contributed by atoms with E-state index in [1.807, 2.05) is 30.3 Å². The van der Waals surface area contributed by atoms with Crippen molar-refractivity contribution in [2.24, 2.45) is 0 Å². The summed E-state index contributed by atoms with van der Waals surface area (Å²) in [4.78, 5) is 11.9. The Labute approximate surface area is 141 Å². The molecule has 1 aliphatic carbocycles. The van der Waals surface area contributed by atoms with Gasteiger partial charge in [-0.25, -0.2) is 0 Å². The minimum Gasteiger partial charge on any atom is -0.493 e. The summed E-state index contributed by atoms with van der Waals surface area (Å²) >= 11 is 0. The standard InChI is InChI=1S/C20H19NO3/c1-23-16-10-14-15(11-17(16)24-2)20-13(8-9-18(22)21-20)19(14)12-6-4-3-5-7-12/h3-7,10-11,20H,8-9H2,1-2H3,(H,21,22). The Bertz CT molecular complexity index is 839. The van der Waals surface area contributed by atoms with E-state index >= 15 is 0 Å². The highest BCUT2D eigenvalue weighted by atomic mass is 16.5. The smallest absolute Gasteiger partial charge is 0.221 e. The lowest BCUT2D eigenvalue weighted by Gasteiger charge is -2.24. The number of rotatable bonds is 3. The second-order valence-electron chi connectivity index (χ2n) is 6.06. The van der Waals surface area contributed by atoms with Crippen LogP contribution in [0.4, 0.5) is 0 Å². The molecule has 2 aliphatic rings. The molecule has 1 amide bonds. The Hall–Kier alpha value is -2.75. The summed E-state index contributed by atoms with van der Waals surface area (Å²) in [5.41, 5.74) is 5.83. The molecular formula is C20H19NO3. The van der Waals surface area contributed by atoms with Crippen LogP contribution < -0.4 is 14.8 Å². The topological polar surface area (TPSA) is 47.6 Å². The zero-order valence-electron chi connectivity index (χ0n) is 13.8. The van der Waals surface area contributed by atoms with Gasteiger partial charge in [0.05, 0.1) is 20.3 Å². The first-order valence-corrected chi connectivity index (χ1v) is 8.07. The van der Waals surface area contributed by atoms with Gasteiger partial charge in [-0.05, 0) is 46.4 Å². The maximum Gasteiger partial charge on any atom is 0.221 e. The molecule has 1 aliphatic heterocycles. The normalized spacial score (nSPS) is 18.8. The molecule has 4 rings (SSSR count). The Morgan fingerprint density at radius 1 is 1.00 bits per heavy atom. The van der Waals surface area contributed by atoms with Crippen molar-refractivity contribution in [3.8, 4) is 11.5 Å². The number of ether oxygens (including phenoxy) is 2. The first-order valence-electron chi connectivity index (χ1n) is 8.07. The lowest BCUT2D eigenvalue weighted by molar-refractivity contribution is -0.122. The molecule has 0 radical (unpaired) electrons. The third kappa shape index (κ3) is 2.18. The molecule has 4 nitrogen and oxygen atoms in total. The molecule has 1 N–H and O–H groups in total. The molecule has 0 bridgehead atoms. The number of carbonyl (C=O) groups excluding carboxylic acids is 1. The second kappa shape index (κ2) is 5.71. The van der Waals surface area contributed by atoms with E-state index < -0.39 is 0 Å². The minimum atomic E-state index is -0.0729. The van der Waals surface area contributed by atoms with Crippen molar-refractivity contribution in [1.29, 1.82) is 0 Å². The highest BCUT2D eigenvalue weighted by molar-refractivity contribution is 5.92. The van der Waals surface area contributed by atoms with Gasteiger partial charge in [-0.3, -0.25) is 4.79 Å². The van der Waals surface area contributed by atoms with Gasteiger partial charge in [-0.15, -0.1) is 0 Å². The summed E-state index contributed by atoms with van der Waals surface area (Å²) in [5.74, 6) is 1.48. The summed E-state index contributed by atoms with van der Waals surface area (Å²) in [6.45, 7) is 0. The van der Waals surface area contributed by atoms with Gasteiger partial charge in [0.1, 0.15) is 0 Å². The molecule has 1 saturated heterocycles. The molecule has 1 unspecified atom stereocenters. The predicted octanol–water partition coefficient (Wildman–Crippen LogP) is 3.47. The zero-order valence-corrected chi connectivity index (χ0v) is 13.8. The summed E-state index contributed by atoms with van der Waals surface area (Å²) in [6, 6.07) is 14.3. The van der Waals surface area contributed by atoms with Crippen LogP contribution in [0.5, 0.6) is 11.5 Å². The Morgan fingerprint density at radius 3 is 2.42 bits per heavy atom. The lowest BCUT2D eigenvalue weighted by atomic mass is 9.93. The zero-order chi connectivity index (χ0) is 16.7. The fourth-order valence-electron chi connectivity index (χ4n) is 3.72. The van der Waals surface area contributed by atoms with Crippen LogP contribution in [-0.4, -0.2) is 20.1 Å². The number of hydrogen-bond donors (Lipinski definition) is 1. The van der Waals surface area contributed by atoms with Crippen LogP contribution in [0.25, 0.3) is 5.57 Å². The van der Waals surface area contributed by atoms with Gasteiger partial charge < -0.3 is 14.8 Å². The van der Waals surface area contributed by atoms with Gasteiger partial charge >= 0.3 is 0 Å². The SMILES string of the molecule is COc1cc2c(cc1OC)C1NC(=O)CCC1=C2c1ccccc1. The van der Waals surface area contributed by atoms with Gasteiger partial charge in [0.25, 0.3) is 0 Å². The van der Waals surface area contributed by atoms with E-state index in [0.29, 0.717) is 17.9 Å². The molecule has 1 fully saturated rings. The largest absolute Gasteiger partial charge is 0.493 e. The Balaban J connectivity index is 1.96. The number of benzene rings is 2. The van der Waals surface area contributed by atoms with Gasteiger partial charge in [0.15, 0.2) is 11.5 Å². The summed E-state index contributed by atoms with van der Waals surface area (Å²) in [6.07, 6.45) is 1.31. The first-order chi connectivity index (χ1) is 11.7. The van der Waals surface area contributed by atoms with E-state index in [4.69, 9.17) is 9.47 Å². The van der Waals surface area contributed by atoms with E-state index in [0.717, 1.165) is 17.5 Å². The molecule has 122 valence electrons. The van der Waals surface area contributed by atoms with E-state index in [-0.39, 0.29) is 11.9 Å². The highest BCUT2D eigenvalue weighted by Crippen LogP contribution is 2.50. The molecular weight excluding hydrogens is 302 g/mol. The van der Waals surface area contributed by atoms with Crippen molar-refractivity contribution in [2.45, 2.75) is 18.9 Å². The third-order valence-corrected chi connectivity index (χ3v) is 4.79. The molecule has 2 aromatic carbocycles. The number of hydrogen-bond acceptors (Lipinski definition) is 3. The molecule has 24 heavy (non-hydrogen) atoms. The number of amides is 1. The minimum absolute atomic E-state index is 0.0729. The maximum absolute atomic E-state index is 11.9. The van der Waals surface area contributed by atoms with Crippen LogP contribution in [-0.2, 0) is 4.79 Å². The number of methoxy groups -OCH3 is 2. The summed E-state index contributed by atoms with van der Waals surface area (Å²) in [5, 5.41) is 3.13. The maximum atomic E-state index is 11.9. The second-order valence-corrected chi connectivity index (χ2v) is 6.06. The van der Waals surface area contributed by atoms with Gasteiger partial charge in [-0.2, -0.15) is 0 Å². The molecule has 4 heteroatoms. The van der Waals surface area contributed by atoms with E-state index in [9.17, 15) is 4.79 Å². The van der Waals surface area contributed by atoms with E-state index in [1.54, 1.807) is 14.2 Å². The van der Waals surface area contributed by atoms with Gasteiger partial charge in [0.2, 0.25) is 5.91 Å². The monoisotopic (exact) mass is 321 g/mol. The molecule has 2 aromatic rings.